The van der Waals surface area contributed by atoms with Gasteiger partial charge in [-0.05, 0) is 25.8 Å². The second-order valence-electron chi connectivity index (χ2n) is 6.06. The fraction of sp³-hybridized carbons (Fsp3) is 0.733. The summed E-state index contributed by atoms with van der Waals surface area (Å²) in [5, 5.41) is 3.54. The molecule has 4 N–H and O–H groups in total. The van der Waals surface area contributed by atoms with Crippen molar-refractivity contribution in [1.29, 1.82) is 0 Å². The van der Waals surface area contributed by atoms with Crippen LogP contribution in [0, 0.1) is 0 Å². The maximum Gasteiger partial charge on any atom is 0.145 e. The molecule has 2 rings (SSSR count). The number of nitrogens with zero attached hydrogens (tertiary/aromatic N) is 3. The number of aromatic nitrogens is 2. The summed E-state index contributed by atoms with van der Waals surface area (Å²) in [5.74, 6) is 8.13. The minimum Gasteiger partial charge on any atom is -0.367 e. The molecule has 1 aromatic heterocycles. The highest BCUT2D eigenvalue weighted by atomic mass is 15.3. The van der Waals surface area contributed by atoms with E-state index in [1.165, 1.54) is 13.0 Å². The predicted octanol–water partition coefficient (Wildman–Crippen LogP) is 2.17. The van der Waals surface area contributed by atoms with E-state index < -0.39 is 0 Å². The van der Waals surface area contributed by atoms with E-state index in [4.69, 9.17) is 5.84 Å². The molecule has 0 aliphatic carbocycles. The van der Waals surface area contributed by atoms with Crippen LogP contribution in [0.25, 0.3) is 0 Å². The molecule has 21 heavy (non-hydrogen) atoms. The first kappa shape index (κ1) is 16.0. The summed E-state index contributed by atoms with van der Waals surface area (Å²) in [5.41, 5.74) is 2.62. The standard InChI is InChI=1S/C15H28N6/c1-4-7-21-8-5-12(6-9-21)17-13-10-14(20-16)19-15(18-13)11(2)3/h10-12H,4-9,16H2,1-3H3,(H2,17,18,19,20). The minimum atomic E-state index is 0.283. The lowest BCUT2D eigenvalue weighted by molar-refractivity contribution is 0.219. The molecule has 1 fully saturated rings. The summed E-state index contributed by atoms with van der Waals surface area (Å²) in [4.78, 5) is 11.5. The molecule has 6 nitrogen and oxygen atoms in total. The number of nitrogen functional groups attached to an aromatic ring is 1. The number of nitrogens with two attached hydrogens (primary N) is 1. The van der Waals surface area contributed by atoms with Crippen molar-refractivity contribution in [3.8, 4) is 0 Å². The van der Waals surface area contributed by atoms with Crippen molar-refractivity contribution in [3.05, 3.63) is 11.9 Å². The van der Waals surface area contributed by atoms with E-state index in [2.05, 4.69) is 46.4 Å². The molecule has 1 aliphatic heterocycles. The summed E-state index contributed by atoms with van der Waals surface area (Å²) < 4.78 is 0. The average Bonchev–Trinajstić information content (AvgIpc) is 2.49. The van der Waals surface area contributed by atoms with Crippen molar-refractivity contribution >= 4 is 11.6 Å². The normalized spacial score (nSPS) is 17.2. The lowest BCUT2D eigenvalue weighted by Gasteiger charge is -2.32. The van der Waals surface area contributed by atoms with Crippen LogP contribution in [0.2, 0.25) is 0 Å². The molecular weight excluding hydrogens is 264 g/mol. The maximum absolute atomic E-state index is 5.50. The van der Waals surface area contributed by atoms with E-state index in [0.29, 0.717) is 11.9 Å². The molecule has 0 bridgehead atoms. The van der Waals surface area contributed by atoms with Gasteiger partial charge in [-0.1, -0.05) is 20.8 Å². The first-order valence-corrected chi connectivity index (χ1v) is 7.96. The highest BCUT2D eigenvalue weighted by Crippen LogP contribution is 2.20. The van der Waals surface area contributed by atoms with Crippen LogP contribution in [0.5, 0.6) is 0 Å². The van der Waals surface area contributed by atoms with Gasteiger partial charge in [0, 0.05) is 31.1 Å². The van der Waals surface area contributed by atoms with Crippen LogP contribution >= 0.6 is 0 Å². The van der Waals surface area contributed by atoms with Crippen molar-refractivity contribution in [2.45, 2.75) is 52.0 Å². The van der Waals surface area contributed by atoms with Gasteiger partial charge in [-0.15, -0.1) is 0 Å². The van der Waals surface area contributed by atoms with Gasteiger partial charge in [-0.2, -0.15) is 0 Å². The van der Waals surface area contributed by atoms with E-state index in [1.807, 2.05) is 6.07 Å². The third-order valence-electron chi connectivity index (χ3n) is 3.89. The predicted molar refractivity (Wildman–Crippen MR) is 87.3 cm³/mol. The van der Waals surface area contributed by atoms with Gasteiger partial charge in [0.1, 0.15) is 17.5 Å². The number of likely N-dealkylation sites (tertiary alicyclic amines) is 1. The fourth-order valence-corrected chi connectivity index (χ4v) is 2.70. The van der Waals surface area contributed by atoms with Crippen LogP contribution in [0.4, 0.5) is 11.6 Å². The molecule has 2 heterocycles. The van der Waals surface area contributed by atoms with Crippen LogP contribution in [0.1, 0.15) is 51.8 Å². The molecule has 0 unspecified atom stereocenters. The first-order valence-electron chi connectivity index (χ1n) is 7.96. The van der Waals surface area contributed by atoms with Crippen molar-refractivity contribution in [1.82, 2.24) is 14.9 Å². The maximum atomic E-state index is 5.50. The highest BCUT2D eigenvalue weighted by Gasteiger charge is 2.19. The molecule has 0 radical (unpaired) electrons. The van der Waals surface area contributed by atoms with Gasteiger partial charge in [0.25, 0.3) is 0 Å². The summed E-state index contributed by atoms with van der Waals surface area (Å²) >= 11 is 0. The number of hydrogen-bond donors (Lipinski definition) is 3. The summed E-state index contributed by atoms with van der Waals surface area (Å²) in [6.45, 7) is 9.94. The van der Waals surface area contributed by atoms with Crippen LogP contribution in [0.3, 0.4) is 0 Å². The Morgan fingerprint density at radius 1 is 1.29 bits per heavy atom. The van der Waals surface area contributed by atoms with Crippen LogP contribution in [-0.4, -0.2) is 40.5 Å². The van der Waals surface area contributed by atoms with E-state index in [9.17, 15) is 0 Å². The molecule has 6 heteroatoms. The number of hydrogen-bond acceptors (Lipinski definition) is 6. The van der Waals surface area contributed by atoms with Crippen molar-refractivity contribution in [2.75, 3.05) is 30.4 Å². The number of anilines is 2. The lowest BCUT2D eigenvalue weighted by Crippen LogP contribution is -2.39. The average molecular weight is 292 g/mol. The van der Waals surface area contributed by atoms with Gasteiger partial charge < -0.3 is 15.6 Å². The molecule has 0 atom stereocenters. The van der Waals surface area contributed by atoms with Crippen LogP contribution in [-0.2, 0) is 0 Å². The van der Waals surface area contributed by atoms with E-state index >= 15 is 0 Å². The lowest BCUT2D eigenvalue weighted by atomic mass is 10.0. The monoisotopic (exact) mass is 292 g/mol. The topological polar surface area (TPSA) is 79.1 Å². The smallest absolute Gasteiger partial charge is 0.145 e. The molecule has 0 saturated carbocycles. The Balaban J connectivity index is 1.98. The zero-order chi connectivity index (χ0) is 15.2. The Morgan fingerprint density at radius 2 is 1.95 bits per heavy atom. The van der Waals surface area contributed by atoms with Crippen molar-refractivity contribution in [2.24, 2.45) is 5.84 Å². The minimum absolute atomic E-state index is 0.283. The quantitative estimate of drug-likeness (QED) is 0.551. The Morgan fingerprint density at radius 3 is 2.52 bits per heavy atom. The zero-order valence-electron chi connectivity index (χ0n) is 13.4. The van der Waals surface area contributed by atoms with E-state index in [0.717, 1.165) is 37.6 Å². The largest absolute Gasteiger partial charge is 0.367 e. The molecule has 1 saturated heterocycles. The van der Waals surface area contributed by atoms with Crippen LogP contribution in [0.15, 0.2) is 6.07 Å². The van der Waals surface area contributed by atoms with E-state index in [1.54, 1.807) is 0 Å². The molecule has 118 valence electrons. The van der Waals surface area contributed by atoms with Gasteiger partial charge in [-0.3, -0.25) is 0 Å². The zero-order valence-corrected chi connectivity index (χ0v) is 13.4. The second kappa shape index (κ2) is 7.56. The Labute approximate surface area is 127 Å². The summed E-state index contributed by atoms with van der Waals surface area (Å²) in [6.07, 6.45) is 3.55. The number of hydrazine groups is 1. The van der Waals surface area contributed by atoms with E-state index in [-0.39, 0.29) is 5.92 Å². The molecular formula is C15H28N6. The Kier molecular flexibility index (Phi) is 5.76. The van der Waals surface area contributed by atoms with Gasteiger partial charge in [0.2, 0.25) is 0 Å². The molecule has 1 aromatic rings. The molecule has 0 spiro atoms. The third kappa shape index (κ3) is 4.54. The SMILES string of the molecule is CCCN1CCC(Nc2cc(NN)nc(C(C)C)n2)CC1. The van der Waals surface area contributed by atoms with Gasteiger partial charge in [0.05, 0.1) is 0 Å². The highest BCUT2D eigenvalue weighted by molar-refractivity contribution is 5.47. The summed E-state index contributed by atoms with van der Waals surface area (Å²) in [7, 11) is 0. The van der Waals surface area contributed by atoms with Gasteiger partial charge in [-0.25, -0.2) is 15.8 Å². The third-order valence-corrected chi connectivity index (χ3v) is 3.89. The Bertz CT molecular complexity index is 440. The fourth-order valence-electron chi connectivity index (χ4n) is 2.70. The van der Waals surface area contributed by atoms with Crippen molar-refractivity contribution < 1.29 is 0 Å². The Hall–Kier alpha value is -1.40. The summed E-state index contributed by atoms with van der Waals surface area (Å²) in [6, 6.07) is 2.36. The number of piperidine rings is 1. The molecule has 1 aliphatic rings. The number of rotatable bonds is 6. The second-order valence-corrected chi connectivity index (χ2v) is 6.06. The number of nitrogens with one attached hydrogen (secondary N) is 2. The molecule has 0 amide bonds. The van der Waals surface area contributed by atoms with Gasteiger partial charge >= 0.3 is 0 Å². The van der Waals surface area contributed by atoms with Crippen molar-refractivity contribution in [3.63, 3.8) is 0 Å². The first-order chi connectivity index (χ1) is 10.1. The molecule has 0 aromatic carbocycles. The van der Waals surface area contributed by atoms with Crippen LogP contribution < -0.4 is 16.6 Å². The van der Waals surface area contributed by atoms with Gasteiger partial charge in [0.15, 0.2) is 0 Å².